The molecule has 0 amide bonds. The Labute approximate surface area is 83.8 Å². The van der Waals surface area contributed by atoms with Crippen LogP contribution < -0.4 is 5.73 Å². The van der Waals surface area contributed by atoms with Gasteiger partial charge in [0.1, 0.15) is 5.76 Å². The summed E-state index contributed by atoms with van der Waals surface area (Å²) in [4.78, 5) is 10.4. The zero-order chi connectivity index (χ0) is 10.0. The molecule has 72 valence electrons. The fourth-order valence-corrected chi connectivity index (χ4v) is 1.72. The van der Waals surface area contributed by atoms with Crippen LogP contribution in [-0.2, 0) is 4.79 Å². The van der Waals surface area contributed by atoms with Crippen LogP contribution in [0.4, 0.5) is 0 Å². The van der Waals surface area contributed by atoms with Crippen molar-refractivity contribution in [2.24, 2.45) is 5.73 Å². The van der Waals surface area contributed by atoms with Crippen molar-refractivity contribution in [1.29, 1.82) is 0 Å². The van der Waals surface area contributed by atoms with Gasteiger partial charge in [-0.3, -0.25) is 4.79 Å². The summed E-state index contributed by atoms with van der Waals surface area (Å²) in [5.74, 6) is -0.207. The van der Waals surface area contributed by atoms with Gasteiger partial charge in [-0.15, -0.1) is 0 Å². The molecule has 5 heteroatoms. The third-order valence-corrected chi connectivity index (χ3v) is 2.25. The Bertz CT molecular complexity index is 321. The van der Waals surface area contributed by atoms with E-state index in [0.29, 0.717) is 16.0 Å². The highest BCUT2D eigenvalue weighted by Gasteiger charge is 2.16. The average molecular weight is 248 g/mol. The van der Waals surface area contributed by atoms with Crippen molar-refractivity contribution in [3.8, 4) is 0 Å². The second kappa shape index (κ2) is 3.93. The monoisotopic (exact) mass is 247 g/mol. The van der Waals surface area contributed by atoms with Gasteiger partial charge in [0, 0.05) is 11.6 Å². The topological polar surface area (TPSA) is 76.5 Å². The van der Waals surface area contributed by atoms with Gasteiger partial charge >= 0.3 is 5.97 Å². The number of hydrogen-bond donors (Lipinski definition) is 2. The van der Waals surface area contributed by atoms with Crippen LogP contribution in [0.15, 0.2) is 15.2 Å². The van der Waals surface area contributed by atoms with Crippen LogP contribution in [0.1, 0.15) is 23.8 Å². The molecule has 0 fully saturated rings. The first-order chi connectivity index (χ1) is 6.00. The third-order valence-electron chi connectivity index (χ3n) is 1.63. The normalized spacial score (nSPS) is 12.8. The minimum Gasteiger partial charge on any atom is -0.481 e. The minimum atomic E-state index is -0.918. The summed E-state index contributed by atoms with van der Waals surface area (Å²) in [5, 5.41) is 8.52. The molecule has 0 bridgehead atoms. The molecule has 1 unspecified atom stereocenters. The summed E-state index contributed by atoms with van der Waals surface area (Å²) in [7, 11) is 0. The fraction of sp³-hybridized carbons (Fsp3) is 0.375. The van der Waals surface area contributed by atoms with E-state index in [1.165, 1.54) is 0 Å². The summed E-state index contributed by atoms with van der Waals surface area (Å²) in [5.41, 5.74) is 6.33. The lowest BCUT2D eigenvalue weighted by atomic mass is 10.1. The number of rotatable bonds is 3. The van der Waals surface area contributed by atoms with E-state index in [1.54, 1.807) is 13.0 Å². The molecule has 1 rings (SSSR count). The lowest BCUT2D eigenvalue weighted by Gasteiger charge is -2.05. The van der Waals surface area contributed by atoms with Crippen LogP contribution in [0.5, 0.6) is 0 Å². The van der Waals surface area contributed by atoms with Gasteiger partial charge in [-0.05, 0) is 28.9 Å². The van der Waals surface area contributed by atoms with Crippen molar-refractivity contribution in [2.45, 2.75) is 19.4 Å². The quantitative estimate of drug-likeness (QED) is 0.855. The van der Waals surface area contributed by atoms with Crippen LogP contribution in [0.25, 0.3) is 0 Å². The second-order valence-corrected chi connectivity index (χ2v) is 3.51. The number of carboxylic acid groups (broad SMARTS) is 1. The zero-order valence-corrected chi connectivity index (χ0v) is 8.67. The van der Waals surface area contributed by atoms with Crippen LogP contribution >= 0.6 is 15.9 Å². The van der Waals surface area contributed by atoms with E-state index in [4.69, 9.17) is 15.3 Å². The summed E-state index contributed by atoms with van der Waals surface area (Å²) >= 11 is 3.17. The SMILES string of the molecule is Cc1cc(C(N)CC(=O)O)c(Br)o1. The van der Waals surface area contributed by atoms with Crippen LogP contribution in [-0.4, -0.2) is 11.1 Å². The Morgan fingerprint density at radius 3 is 2.85 bits per heavy atom. The van der Waals surface area contributed by atoms with Crippen molar-refractivity contribution >= 4 is 21.9 Å². The molecule has 3 N–H and O–H groups in total. The molecule has 1 heterocycles. The highest BCUT2D eigenvalue weighted by molar-refractivity contribution is 9.10. The average Bonchev–Trinajstić information content (AvgIpc) is 2.28. The van der Waals surface area contributed by atoms with E-state index in [0.717, 1.165) is 0 Å². The lowest BCUT2D eigenvalue weighted by molar-refractivity contribution is -0.137. The van der Waals surface area contributed by atoms with Gasteiger partial charge in [0.25, 0.3) is 0 Å². The fourth-order valence-electron chi connectivity index (χ4n) is 1.06. The molecule has 4 nitrogen and oxygen atoms in total. The number of aryl methyl sites for hydroxylation is 1. The second-order valence-electron chi connectivity index (χ2n) is 2.79. The Hall–Kier alpha value is -0.810. The molecule has 1 aromatic heterocycles. The van der Waals surface area contributed by atoms with E-state index in [-0.39, 0.29) is 6.42 Å². The van der Waals surface area contributed by atoms with Crippen LogP contribution in [0.3, 0.4) is 0 Å². The first-order valence-corrected chi connectivity index (χ1v) is 4.53. The molecule has 0 saturated heterocycles. The van der Waals surface area contributed by atoms with E-state index in [9.17, 15) is 4.79 Å². The molecule has 13 heavy (non-hydrogen) atoms. The highest BCUT2D eigenvalue weighted by Crippen LogP contribution is 2.27. The summed E-state index contributed by atoms with van der Waals surface area (Å²) in [6, 6.07) is 1.21. The highest BCUT2D eigenvalue weighted by atomic mass is 79.9. The standard InChI is InChI=1S/C8H10BrNO3/c1-4-2-5(8(9)13-4)6(10)3-7(11)12/h2,6H,3,10H2,1H3,(H,11,12). The predicted molar refractivity (Wildman–Crippen MR) is 50.3 cm³/mol. The molecule has 0 aromatic carbocycles. The number of halogens is 1. The van der Waals surface area contributed by atoms with Crippen molar-refractivity contribution in [3.63, 3.8) is 0 Å². The number of nitrogens with two attached hydrogens (primary N) is 1. The van der Waals surface area contributed by atoms with Crippen molar-refractivity contribution in [1.82, 2.24) is 0 Å². The summed E-state index contributed by atoms with van der Waals surface area (Å²) in [6.07, 6.45) is -0.0996. The molecule has 0 aliphatic rings. The van der Waals surface area contributed by atoms with E-state index >= 15 is 0 Å². The Morgan fingerprint density at radius 2 is 2.46 bits per heavy atom. The molecule has 0 aliphatic carbocycles. The first kappa shape index (κ1) is 10.3. The largest absolute Gasteiger partial charge is 0.481 e. The maximum Gasteiger partial charge on any atom is 0.305 e. The maximum atomic E-state index is 10.4. The van der Waals surface area contributed by atoms with Gasteiger partial charge in [0.05, 0.1) is 6.42 Å². The zero-order valence-electron chi connectivity index (χ0n) is 7.08. The molecular weight excluding hydrogens is 238 g/mol. The molecular formula is C8H10BrNO3. The number of carbonyl (C=O) groups is 1. The summed E-state index contributed by atoms with van der Waals surface area (Å²) in [6.45, 7) is 1.78. The lowest BCUT2D eigenvalue weighted by Crippen LogP contribution is -2.14. The molecule has 1 atom stereocenters. The smallest absolute Gasteiger partial charge is 0.305 e. The minimum absolute atomic E-state index is 0.0996. The first-order valence-electron chi connectivity index (χ1n) is 3.74. The van der Waals surface area contributed by atoms with Gasteiger partial charge in [0.2, 0.25) is 0 Å². The third kappa shape index (κ3) is 2.57. The van der Waals surface area contributed by atoms with Gasteiger partial charge in [-0.1, -0.05) is 0 Å². The molecule has 0 saturated carbocycles. The number of hydrogen-bond acceptors (Lipinski definition) is 3. The Morgan fingerprint density at radius 1 is 1.85 bits per heavy atom. The predicted octanol–water partition coefficient (Wildman–Crippen LogP) is 1.83. The van der Waals surface area contributed by atoms with Gasteiger partial charge in [0.15, 0.2) is 4.67 Å². The van der Waals surface area contributed by atoms with Gasteiger partial charge in [-0.25, -0.2) is 0 Å². The maximum absolute atomic E-state index is 10.4. The Balaban J connectivity index is 2.81. The number of carboxylic acids is 1. The van der Waals surface area contributed by atoms with Crippen molar-refractivity contribution < 1.29 is 14.3 Å². The Kier molecular flexibility index (Phi) is 3.11. The van der Waals surface area contributed by atoms with E-state index in [1.807, 2.05) is 0 Å². The van der Waals surface area contributed by atoms with Crippen molar-refractivity contribution in [3.05, 3.63) is 22.1 Å². The van der Waals surface area contributed by atoms with E-state index < -0.39 is 12.0 Å². The molecule has 0 radical (unpaired) electrons. The summed E-state index contributed by atoms with van der Waals surface area (Å²) < 4.78 is 5.67. The molecule has 0 aliphatic heterocycles. The number of aliphatic carboxylic acids is 1. The number of furan rings is 1. The van der Waals surface area contributed by atoms with Crippen LogP contribution in [0.2, 0.25) is 0 Å². The van der Waals surface area contributed by atoms with Gasteiger partial charge in [-0.2, -0.15) is 0 Å². The van der Waals surface area contributed by atoms with Gasteiger partial charge < -0.3 is 15.3 Å². The van der Waals surface area contributed by atoms with E-state index in [2.05, 4.69) is 15.9 Å². The molecule has 0 spiro atoms. The van der Waals surface area contributed by atoms with Crippen LogP contribution in [0, 0.1) is 6.92 Å². The van der Waals surface area contributed by atoms with Crippen molar-refractivity contribution in [2.75, 3.05) is 0 Å². The molecule has 1 aromatic rings.